The lowest BCUT2D eigenvalue weighted by Crippen LogP contribution is -2.47. The minimum absolute atomic E-state index is 0.474. The molecule has 1 saturated heterocycles. The van der Waals surface area contributed by atoms with E-state index in [4.69, 9.17) is 5.73 Å². The highest BCUT2D eigenvalue weighted by Gasteiger charge is 2.17. The molecule has 0 atom stereocenters. The quantitative estimate of drug-likeness (QED) is 0.467. The van der Waals surface area contributed by atoms with Crippen LogP contribution in [0.2, 0.25) is 0 Å². The summed E-state index contributed by atoms with van der Waals surface area (Å²) in [6, 6.07) is 9.96. The number of piperazine rings is 1. The van der Waals surface area contributed by atoms with Gasteiger partial charge in [0.2, 0.25) is 5.95 Å². The molecule has 2 aromatic rings. The van der Waals surface area contributed by atoms with Crippen LogP contribution in [0.4, 0.5) is 11.6 Å². The zero-order valence-corrected chi connectivity index (χ0v) is 15.3. The average molecular weight is 353 g/mol. The third-order valence-corrected chi connectivity index (χ3v) is 4.41. The molecular weight excluding hydrogens is 326 g/mol. The molecule has 7 heteroatoms. The highest BCUT2D eigenvalue weighted by molar-refractivity contribution is 5.92. The van der Waals surface area contributed by atoms with Crippen molar-refractivity contribution in [1.29, 1.82) is 0 Å². The third-order valence-electron chi connectivity index (χ3n) is 4.41. The van der Waals surface area contributed by atoms with Crippen molar-refractivity contribution in [3.63, 3.8) is 0 Å². The maximum Gasteiger partial charge on any atom is 0.225 e. The van der Waals surface area contributed by atoms with E-state index in [1.165, 1.54) is 5.56 Å². The molecule has 0 aliphatic carbocycles. The number of guanidine groups is 1. The lowest BCUT2D eigenvalue weighted by molar-refractivity contribution is 0.255. The number of hydrogen-bond acceptors (Lipinski definition) is 5. The van der Waals surface area contributed by atoms with Crippen LogP contribution < -0.4 is 16.0 Å². The Bertz CT molecular complexity index is 709. The molecule has 26 heavy (non-hydrogen) atoms. The van der Waals surface area contributed by atoms with Gasteiger partial charge in [-0.3, -0.25) is 9.89 Å². The normalized spacial score (nSPS) is 15.9. The smallest absolute Gasteiger partial charge is 0.225 e. The van der Waals surface area contributed by atoms with E-state index >= 15 is 0 Å². The number of nitrogens with two attached hydrogens (primary N) is 1. The summed E-state index contributed by atoms with van der Waals surface area (Å²) in [7, 11) is 0. The molecular formula is C19H27N7. The van der Waals surface area contributed by atoms with Gasteiger partial charge in [-0.25, -0.2) is 9.97 Å². The summed E-state index contributed by atoms with van der Waals surface area (Å²) in [6.07, 6.45) is 4.59. The Morgan fingerprint density at radius 2 is 1.92 bits per heavy atom. The molecule has 1 fully saturated rings. The molecule has 3 rings (SSSR count). The van der Waals surface area contributed by atoms with Crippen LogP contribution in [-0.2, 0) is 0 Å². The van der Waals surface area contributed by atoms with Crippen LogP contribution in [0.5, 0.6) is 0 Å². The van der Waals surface area contributed by atoms with Gasteiger partial charge in [0.15, 0.2) is 5.96 Å². The molecule has 1 aliphatic rings. The molecule has 0 amide bonds. The number of rotatable bonds is 6. The van der Waals surface area contributed by atoms with Gasteiger partial charge in [0.1, 0.15) is 0 Å². The standard InChI is InChI=1S/C19H27N7/c1-16-5-2-6-17(15-16)24-18(20)21-9-4-10-25-11-13-26(14-12-25)19-22-7-3-8-23-19/h2-3,5-8,15H,4,9-14H2,1H3,(H3,20,21,24). The van der Waals surface area contributed by atoms with E-state index in [0.29, 0.717) is 5.96 Å². The van der Waals surface area contributed by atoms with E-state index in [1.807, 2.05) is 18.2 Å². The maximum atomic E-state index is 5.96. The van der Waals surface area contributed by atoms with Crippen LogP contribution in [-0.4, -0.2) is 60.1 Å². The molecule has 0 unspecified atom stereocenters. The average Bonchev–Trinajstić information content (AvgIpc) is 2.66. The lowest BCUT2D eigenvalue weighted by Gasteiger charge is -2.34. The molecule has 1 aliphatic heterocycles. The Morgan fingerprint density at radius 1 is 1.15 bits per heavy atom. The monoisotopic (exact) mass is 353 g/mol. The largest absolute Gasteiger partial charge is 0.370 e. The van der Waals surface area contributed by atoms with Crippen molar-refractivity contribution in [3.8, 4) is 0 Å². The highest BCUT2D eigenvalue weighted by Crippen LogP contribution is 2.10. The molecule has 1 aromatic carbocycles. The Balaban J connectivity index is 1.35. The Morgan fingerprint density at radius 3 is 2.65 bits per heavy atom. The van der Waals surface area contributed by atoms with E-state index in [9.17, 15) is 0 Å². The number of aromatic nitrogens is 2. The van der Waals surface area contributed by atoms with E-state index in [-0.39, 0.29) is 0 Å². The van der Waals surface area contributed by atoms with Crippen LogP contribution in [0.3, 0.4) is 0 Å². The number of nitrogens with zero attached hydrogens (tertiary/aromatic N) is 5. The fraction of sp³-hybridized carbons (Fsp3) is 0.421. The molecule has 2 heterocycles. The molecule has 3 N–H and O–H groups in total. The van der Waals surface area contributed by atoms with Crippen molar-refractivity contribution < 1.29 is 0 Å². The number of nitrogens with one attached hydrogen (secondary N) is 1. The van der Waals surface area contributed by atoms with Gasteiger partial charge in [0.05, 0.1) is 0 Å². The Kier molecular flexibility index (Phi) is 6.38. The minimum Gasteiger partial charge on any atom is -0.370 e. The van der Waals surface area contributed by atoms with E-state index in [1.54, 1.807) is 12.4 Å². The lowest BCUT2D eigenvalue weighted by atomic mass is 10.2. The van der Waals surface area contributed by atoms with Gasteiger partial charge in [0.25, 0.3) is 0 Å². The number of aliphatic imine (C=N–C) groups is 1. The Hall–Kier alpha value is -2.67. The Labute approximate surface area is 155 Å². The second-order valence-electron chi connectivity index (χ2n) is 6.49. The summed E-state index contributed by atoms with van der Waals surface area (Å²) in [5.41, 5.74) is 8.14. The van der Waals surface area contributed by atoms with Crippen molar-refractivity contribution in [2.24, 2.45) is 10.7 Å². The molecule has 0 saturated carbocycles. The summed E-state index contributed by atoms with van der Waals surface area (Å²) in [6.45, 7) is 7.80. The first-order chi connectivity index (χ1) is 12.7. The zero-order chi connectivity index (χ0) is 18.2. The number of hydrogen-bond donors (Lipinski definition) is 2. The number of aryl methyl sites for hydroxylation is 1. The number of anilines is 2. The summed E-state index contributed by atoms with van der Waals surface area (Å²) >= 11 is 0. The van der Waals surface area contributed by atoms with Crippen molar-refractivity contribution in [1.82, 2.24) is 14.9 Å². The summed E-state index contributed by atoms with van der Waals surface area (Å²) in [5.74, 6) is 1.30. The van der Waals surface area contributed by atoms with Gasteiger partial charge >= 0.3 is 0 Å². The van der Waals surface area contributed by atoms with Gasteiger partial charge in [-0.05, 0) is 37.1 Å². The molecule has 1 aromatic heterocycles. The second kappa shape index (κ2) is 9.15. The van der Waals surface area contributed by atoms with Gasteiger partial charge in [-0.2, -0.15) is 0 Å². The molecule has 0 bridgehead atoms. The highest BCUT2D eigenvalue weighted by atomic mass is 15.3. The summed E-state index contributed by atoms with van der Waals surface area (Å²) in [5, 5.41) is 3.14. The van der Waals surface area contributed by atoms with Crippen molar-refractivity contribution in [3.05, 3.63) is 48.3 Å². The molecule has 0 radical (unpaired) electrons. The van der Waals surface area contributed by atoms with E-state index < -0.39 is 0 Å². The fourth-order valence-electron chi connectivity index (χ4n) is 3.03. The van der Waals surface area contributed by atoms with Gasteiger partial charge in [-0.1, -0.05) is 12.1 Å². The first-order valence-corrected chi connectivity index (χ1v) is 9.08. The topological polar surface area (TPSA) is 82.7 Å². The first-order valence-electron chi connectivity index (χ1n) is 9.08. The van der Waals surface area contributed by atoms with Crippen molar-refractivity contribution in [2.75, 3.05) is 49.5 Å². The van der Waals surface area contributed by atoms with Crippen LogP contribution in [0.1, 0.15) is 12.0 Å². The van der Waals surface area contributed by atoms with Gasteiger partial charge < -0.3 is 16.0 Å². The van der Waals surface area contributed by atoms with Crippen molar-refractivity contribution in [2.45, 2.75) is 13.3 Å². The maximum absolute atomic E-state index is 5.96. The number of benzene rings is 1. The predicted octanol–water partition coefficient (Wildman–Crippen LogP) is 1.72. The van der Waals surface area contributed by atoms with Crippen LogP contribution in [0.25, 0.3) is 0 Å². The van der Waals surface area contributed by atoms with Crippen LogP contribution >= 0.6 is 0 Å². The second-order valence-corrected chi connectivity index (χ2v) is 6.49. The summed E-state index contributed by atoms with van der Waals surface area (Å²) in [4.78, 5) is 17.8. The fourth-order valence-corrected chi connectivity index (χ4v) is 3.03. The van der Waals surface area contributed by atoms with Gasteiger partial charge in [0, 0.05) is 57.3 Å². The predicted molar refractivity (Wildman–Crippen MR) is 107 cm³/mol. The van der Waals surface area contributed by atoms with E-state index in [0.717, 1.165) is 57.3 Å². The first kappa shape index (κ1) is 18.1. The van der Waals surface area contributed by atoms with E-state index in [2.05, 4.69) is 49.1 Å². The molecule has 7 nitrogen and oxygen atoms in total. The van der Waals surface area contributed by atoms with Crippen LogP contribution in [0.15, 0.2) is 47.7 Å². The zero-order valence-electron chi connectivity index (χ0n) is 15.3. The van der Waals surface area contributed by atoms with Crippen LogP contribution in [0, 0.1) is 6.92 Å². The SMILES string of the molecule is Cc1cccc(NC(N)=NCCCN2CCN(c3ncccn3)CC2)c1. The molecule has 0 spiro atoms. The molecule has 138 valence electrons. The minimum atomic E-state index is 0.474. The summed E-state index contributed by atoms with van der Waals surface area (Å²) < 4.78 is 0. The van der Waals surface area contributed by atoms with Crippen molar-refractivity contribution >= 4 is 17.6 Å². The third kappa shape index (κ3) is 5.42. The van der Waals surface area contributed by atoms with Gasteiger partial charge in [-0.15, -0.1) is 0 Å².